The number of aromatic carboxylic acids is 1. The predicted octanol–water partition coefficient (Wildman–Crippen LogP) is 4.36. The third-order valence-electron chi connectivity index (χ3n) is 6.24. The second-order valence-corrected chi connectivity index (χ2v) is 8.51. The SMILES string of the molecule is NCc1ccc(C(=O)NCc2c(O)ccc3c(-c4ccccc4C(=O)O)c4ccc(=O)cc-4oc23)cc1. The number of nitrogens with two attached hydrogens (primary N) is 1. The number of hydrogen-bond donors (Lipinski definition) is 4. The van der Waals surface area contributed by atoms with Crippen molar-refractivity contribution >= 4 is 22.8 Å². The van der Waals surface area contributed by atoms with Crippen LogP contribution in [0.25, 0.3) is 33.4 Å². The summed E-state index contributed by atoms with van der Waals surface area (Å²) in [6.07, 6.45) is 0. The molecule has 0 saturated carbocycles. The van der Waals surface area contributed by atoms with Crippen LogP contribution in [0.2, 0.25) is 0 Å². The zero-order valence-electron chi connectivity index (χ0n) is 19.5. The van der Waals surface area contributed by atoms with Crippen molar-refractivity contribution in [2.24, 2.45) is 5.73 Å². The molecule has 0 spiro atoms. The highest BCUT2D eigenvalue weighted by Gasteiger charge is 2.24. The average Bonchev–Trinajstić information content (AvgIpc) is 2.91. The Balaban J connectivity index is 1.68. The van der Waals surface area contributed by atoms with Crippen molar-refractivity contribution < 1.29 is 24.2 Å². The first-order valence-corrected chi connectivity index (χ1v) is 11.5. The highest BCUT2D eigenvalue weighted by atomic mass is 16.4. The Morgan fingerprint density at radius 1 is 0.919 bits per heavy atom. The molecule has 5 N–H and O–H groups in total. The molecule has 5 rings (SSSR count). The number of aromatic hydroxyl groups is 1. The Labute approximate surface area is 210 Å². The fraction of sp³-hybridized carbons (Fsp3) is 0.0690. The molecule has 0 saturated heterocycles. The van der Waals surface area contributed by atoms with Gasteiger partial charge in [-0.25, -0.2) is 4.79 Å². The van der Waals surface area contributed by atoms with Gasteiger partial charge in [0.05, 0.1) is 17.7 Å². The smallest absolute Gasteiger partial charge is 0.336 e. The molecule has 8 heteroatoms. The molecule has 0 unspecified atom stereocenters. The molecule has 37 heavy (non-hydrogen) atoms. The molecule has 0 atom stereocenters. The zero-order chi connectivity index (χ0) is 26.1. The maximum absolute atomic E-state index is 12.8. The number of hydrogen-bond acceptors (Lipinski definition) is 6. The Morgan fingerprint density at radius 3 is 2.41 bits per heavy atom. The van der Waals surface area contributed by atoms with Crippen LogP contribution >= 0.6 is 0 Å². The van der Waals surface area contributed by atoms with E-state index in [0.717, 1.165) is 5.56 Å². The number of benzene rings is 4. The Hall–Kier alpha value is -4.95. The summed E-state index contributed by atoms with van der Waals surface area (Å²) < 4.78 is 6.10. The second-order valence-electron chi connectivity index (χ2n) is 8.51. The van der Waals surface area contributed by atoms with Gasteiger partial charge in [0, 0.05) is 34.7 Å². The summed E-state index contributed by atoms with van der Waals surface area (Å²) in [7, 11) is 0. The van der Waals surface area contributed by atoms with E-state index in [1.54, 1.807) is 54.6 Å². The van der Waals surface area contributed by atoms with Crippen molar-refractivity contribution in [1.82, 2.24) is 5.32 Å². The van der Waals surface area contributed by atoms with Crippen molar-refractivity contribution in [3.63, 3.8) is 0 Å². The number of phenols is 1. The average molecular weight is 495 g/mol. The van der Waals surface area contributed by atoms with Crippen molar-refractivity contribution in [1.29, 1.82) is 0 Å². The molecule has 0 bridgehead atoms. The van der Waals surface area contributed by atoms with Gasteiger partial charge < -0.3 is 25.7 Å². The molecule has 1 amide bonds. The van der Waals surface area contributed by atoms with Crippen LogP contribution in [0.3, 0.4) is 0 Å². The van der Waals surface area contributed by atoms with Gasteiger partial charge in [-0.15, -0.1) is 0 Å². The quantitative estimate of drug-likeness (QED) is 0.257. The van der Waals surface area contributed by atoms with Crippen LogP contribution in [0.15, 0.2) is 88.1 Å². The van der Waals surface area contributed by atoms with Gasteiger partial charge in [0.15, 0.2) is 5.43 Å². The largest absolute Gasteiger partial charge is 0.507 e. The van der Waals surface area contributed by atoms with Crippen molar-refractivity contribution in [2.75, 3.05) is 0 Å². The number of carbonyl (C=O) groups is 2. The van der Waals surface area contributed by atoms with E-state index in [1.807, 2.05) is 0 Å². The molecular weight excluding hydrogens is 472 g/mol. The van der Waals surface area contributed by atoms with Gasteiger partial charge >= 0.3 is 5.97 Å². The Morgan fingerprint density at radius 2 is 1.68 bits per heavy atom. The van der Waals surface area contributed by atoms with E-state index in [1.165, 1.54) is 24.3 Å². The van der Waals surface area contributed by atoms with Gasteiger partial charge in [0.25, 0.3) is 5.91 Å². The topological polar surface area (TPSA) is 143 Å². The molecule has 1 aliphatic heterocycles. The van der Waals surface area contributed by atoms with E-state index >= 15 is 0 Å². The Bertz CT molecular complexity index is 1690. The maximum Gasteiger partial charge on any atom is 0.336 e. The fourth-order valence-corrected chi connectivity index (χ4v) is 4.39. The van der Waals surface area contributed by atoms with Gasteiger partial charge in [0.1, 0.15) is 17.1 Å². The maximum atomic E-state index is 12.8. The second kappa shape index (κ2) is 9.60. The standard InChI is InChI=1S/C29H22N2O6/c30-14-16-5-7-17(8-6-16)28(34)31-15-23-24(33)12-11-22-26(19-3-1-2-4-20(19)29(35)36)21-10-9-18(32)13-25(21)37-27(22)23/h1-13,33H,14-15,30H2,(H,31,34)(H,35,36). The molecule has 184 valence electrons. The van der Waals surface area contributed by atoms with Gasteiger partial charge in [-0.3, -0.25) is 9.59 Å². The van der Waals surface area contributed by atoms with E-state index in [-0.39, 0.29) is 46.1 Å². The summed E-state index contributed by atoms with van der Waals surface area (Å²) in [5.74, 6) is -1.36. The normalized spacial score (nSPS) is 11.1. The van der Waals surface area contributed by atoms with Crippen LogP contribution in [0.1, 0.15) is 31.8 Å². The Kier molecular flexibility index (Phi) is 6.17. The molecule has 3 aromatic carbocycles. The highest BCUT2D eigenvalue weighted by Crippen LogP contribution is 2.43. The van der Waals surface area contributed by atoms with Gasteiger partial charge in [-0.2, -0.15) is 0 Å². The minimum atomic E-state index is -1.11. The van der Waals surface area contributed by atoms with E-state index in [9.17, 15) is 24.6 Å². The number of carboxylic acid groups (broad SMARTS) is 1. The number of fused-ring (bicyclic) bond motifs is 2. The lowest BCUT2D eigenvalue weighted by Crippen LogP contribution is -2.23. The van der Waals surface area contributed by atoms with Gasteiger partial charge in [0.2, 0.25) is 0 Å². The van der Waals surface area contributed by atoms with Crippen LogP contribution in [0.5, 0.6) is 5.75 Å². The van der Waals surface area contributed by atoms with Crippen LogP contribution < -0.4 is 16.5 Å². The van der Waals surface area contributed by atoms with Gasteiger partial charge in [-0.1, -0.05) is 30.3 Å². The number of nitrogens with one attached hydrogen (secondary N) is 1. The lowest BCUT2D eigenvalue weighted by Gasteiger charge is -2.19. The minimum absolute atomic E-state index is 0.0753. The van der Waals surface area contributed by atoms with Crippen LogP contribution in [-0.2, 0) is 13.1 Å². The molecule has 8 nitrogen and oxygen atoms in total. The van der Waals surface area contributed by atoms with Crippen LogP contribution in [-0.4, -0.2) is 22.1 Å². The highest BCUT2D eigenvalue weighted by molar-refractivity contribution is 6.08. The van der Waals surface area contributed by atoms with E-state index in [2.05, 4.69) is 5.32 Å². The van der Waals surface area contributed by atoms with Crippen LogP contribution in [0.4, 0.5) is 0 Å². The van der Waals surface area contributed by atoms with Crippen molar-refractivity contribution in [3.8, 4) is 28.2 Å². The molecule has 1 heterocycles. The molecule has 0 fully saturated rings. The first kappa shape index (κ1) is 23.8. The molecule has 0 radical (unpaired) electrons. The van der Waals surface area contributed by atoms with Gasteiger partial charge in [-0.05, 0) is 53.6 Å². The lowest BCUT2D eigenvalue weighted by molar-refractivity contribution is 0.0697. The fourth-order valence-electron chi connectivity index (χ4n) is 4.39. The monoisotopic (exact) mass is 494 g/mol. The summed E-state index contributed by atoms with van der Waals surface area (Å²) in [5.41, 5.74) is 8.75. The molecule has 0 aromatic heterocycles. The van der Waals surface area contributed by atoms with E-state index in [4.69, 9.17) is 10.2 Å². The summed E-state index contributed by atoms with van der Waals surface area (Å²) in [4.78, 5) is 36.9. The number of rotatable bonds is 6. The molecular formula is C29H22N2O6. The van der Waals surface area contributed by atoms with E-state index in [0.29, 0.717) is 34.2 Å². The number of amides is 1. The lowest BCUT2D eigenvalue weighted by atomic mass is 9.90. The number of phenolic OH excluding ortho intramolecular Hbond substituents is 1. The molecule has 3 aromatic rings. The number of carbonyl (C=O) groups excluding carboxylic acids is 1. The molecule has 1 aliphatic carbocycles. The molecule has 2 aliphatic rings. The zero-order valence-corrected chi connectivity index (χ0v) is 19.5. The third kappa shape index (κ3) is 4.41. The van der Waals surface area contributed by atoms with E-state index < -0.39 is 5.97 Å². The van der Waals surface area contributed by atoms with Crippen molar-refractivity contribution in [2.45, 2.75) is 13.1 Å². The number of carboxylic acids is 1. The first-order chi connectivity index (χ1) is 17.9. The summed E-state index contributed by atoms with van der Waals surface area (Å²) in [6, 6.07) is 20.8. The third-order valence-corrected chi connectivity index (χ3v) is 6.24. The summed E-state index contributed by atoms with van der Waals surface area (Å²) in [6.45, 7) is 0.284. The summed E-state index contributed by atoms with van der Waals surface area (Å²) >= 11 is 0. The minimum Gasteiger partial charge on any atom is -0.507 e. The first-order valence-electron chi connectivity index (χ1n) is 11.5. The van der Waals surface area contributed by atoms with Crippen molar-refractivity contribution in [3.05, 3.63) is 111 Å². The summed E-state index contributed by atoms with van der Waals surface area (Å²) in [5, 5.41) is 23.9. The van der Waals surface area contributed by atoms with Crippen LogP contribution in [0, 0.1) is 0 Å². The predicted molar refractivity (Wildman–Crippen MR) is 139 cm³/mol.